The maximum absolute atomic E-state index is 9.55. The van der Waals surface area contributed by atoms with Crippen LogP contribution in [-0.4, -0.2) is 33.9 Å². The molecule has 6 heteroatoms. The molecule has 5 nitrogen and oxygen atoms in total. The van der Waals surface area contributed by atoms with Crippen LogP contribution in [0.15, 0.2) is 59.2 Å². The van der Waals surface area contributed by atoms with Gasteiger partial charge in [0.25, 0.3) is 0 Å². The Hall–Kier alpha value is -1.92. The standard InChI is InChI=1S/C22H28N2O3.ClH/c1-2-20-24-19(14-27-20)21(12-13-22(23,15-25)16-26)10-8-18(9-11-21)17-6-4-3-5-7-17;/h3-10,14,25-26H,2,11-13,15-16,23H2,1H3;1H. The second kappa shape index (κ2) is 9.52. The number of allylic oxidation sites excluding steroid dienone is 4. The van der Waals surface area contributed by atoms with Crippen molar-refractivity contribution in [2.24, 2.45) is 5.73 Å². The van der Waals surface area contributed by atoms with Crippen LogP contribution in [0.2, 0.25) is 0 Å². The van der Waals surface area contributed by atoms with Gasteiger partial charge in [0.05, 0.1) is 24.4 Å². The average Bonchev–Trinajstić information content (AvgIpc) is 3.23. The zero-order valence-electron chi connectivity index (χ0n) is 16.2. The Morgan fingerprint density at radius 3 is 2.46 bits per heavy atom. The lowest BCUT2D eigenvalue weighted by Crippen LogP contribution is -2.48. The van der Waals surface area contributed by atoms with E-state index in [0.29, 0.717) is 18.7 Å². The van der Waals surface area contributed by atoms with Gasteiger partial charge in [0.2, 0.25) is 0 Å². The van der Waals surface area contributed by atoms with Crippen molar-refractivity contribution < 1.29 is 14.6 Å². The number of aliphatic hydroxyl groups excluding tert-OH is 2. The topological polar surface area (TPSA) is 92.5 Å². The van der Waals surface area contributed by atoms with Gasteiger partial charge in [0.1, 0.15) is 6.26 Å². The van der Waals surface area contributed by atoms with Crippen LogP contribution in [0.4, 0.5) is 0 Å². The highest BCUT2D eigenvalue weighted by Crippen LogP contribution is 2.40. The van der Waals surface area contributed by atoms with E-state index in [1.807, 2.05) is 25.1 Å². The smallest absolute Gasteiger partial charge is 0.193 e. The van der Waals surface area contributed by atoms with Crippen LogP contribution in [0.5, 0.6) is 0 Å². The van der Waals surface area contributed by atoms with Crippen LogP contribution in [0.3, 0.4) is 0 Å². The molecule has 28 heavy (non-hydrogen) atoms. The van der Waals surface area contributed by atoms with Gasteiger partial charge in [-0.1, -0.05) is 55.5 Å². The fourth-order valence-electron chi connectivity index (χ4n) is 3.41. The summed E-state index contributed by atoms with van der Waals surface area (Å²) in [5, 5.41) is 19.1. The molecule has 2 aromatic rings. The molecule has 3 rings (SSSR count). The molecule has 0 aliphatic heterocycles. The average molecular weight is 405 g/mol. The minimum Gasteiger partial charge on any atom is -0.449 e. The van der Waals surface area contributed by atoms with Crippen molar-refractivity contribution in [3.63, 3.8) is 0 Å². The lowest BCUT2D eigenvalue weighted by Gasteiger charge is -2.34. The van der Waals surface area contributed by atoms with Gasteiger partial charge in [-0.3, -0.25) is 0 Å². The monoisotopic (exact) mass is 404 g/mol. The number of nitrogens with two attached hydrogens (primary N) is 1. The highest BCUT2D eigenvalue weighted by Gasteiger charge is 2.36. The zero-order chi connectivity index (χ0) is 19.3. The van der Waals surface area contributed by atoms with Gasteiger partial charge in [-0.15, -0.1) is 12.4 Å². The number of hydrogen-bond donors (Lipinski definition) is 3. The molecule has 1 unspecified atom stereocenters. The summed E-state index contributed by atoms with van der Waals surface area (Å²) in [5.41, 5.74) is 7.99. The van der Waals surface area contributed by atoms with E-state index in [-0.39, 0.29) is 31.0 Å². The number of aliphatic hydroxyl groups is 2. The van der Waals surface area contributed by atoms with Crippen LogP contribution in [-0.2, 0) is 11.8 Å². The molecule has 0 saturated heterocycles. The molecule has 1 aliphatic rings. The van der Waals surface area contributed by atoms with Gasteiger partial charge in [-0.2, -0.15) is 0 Å². The Balaban J connectivity index is 0.00000280. The van der Waals surface area contributed by atoms with E-state index in [0.717, 1.165) is 18.5 Å². The molecule has 0 fully saturated rings. The molecule has 0 spiro atoms. The van der Waals surface area contributed by atoms with Crippen molar-refractivity contribution in [1.29, 1.82) is 0 Å². The van der Waals surface area contributed by atoms with E-state index in [4.69, 9.17) is 10.2 Å². The molecule has 0 saturated carbocycles. The Labute approximate surface area is 172 Å². The molecule has 0 amide bonds. The summed E-state index contributed by atoms with van der Waals surface area (Å²) < 4.78 is 5.59. The Morgan fingerprint density at radius 1 is 1.21 bits per heavy atom. The van der Waals surface area contributed by atoms with Crippen LogP contribution >= 0.6 is 12.4 Å². The van der Waals surface area contributed by atoms with E-state index in [2.05, 4.69) is 35.3 Å². The number of aryl methyl sites for hydroxylation is 1. The third-order valence-corrected chi connectivity index (χ3v) is 5.44. The summed E-state index contributed by atoms with van der Waals surface area (Å²) in [7, 11) is 0. The summed E-state index contributed by atoms with van der Waals surface area (Å²) in [6.45, 7) is 1.50. The van der Waals surface area contributed by atoms with Gasteiger partial charge >= 0.3 is 0 Å². The van der Waals surface area contributed by atoms with E-state index >= 15 is 0 Å². The van der Waals surface area contributed by atoms with Crippen molar-refractivity contribution in [1.82, 2.24) is 4.98 Å². The molecule has 4 N–H and O–H groups in total. The number of nitrogens with zero attached hydrogens (tertiary/aromatic N) is 1. The molecule has 1 aromatic heterocycles. The van der Waals surface area contributed by atoms with E-state index in [9.17, 15) is 10.2 Å². The maximum Gasteiger partial charge on any atom is 0.193 e. The quantitative estimate of drug-likeness (QED) is 0.627. The SMILES string of the molecule is CCc1nc(C2(CCC(N)(CO)CO)C=CC(c3ccccc3)=CC2)co1.Cl. The number of hydrogen-bond acceptors (Lipinski definition) is 5. The molecule has 1 aliphatic carbocycles. The van der Waals surface area contributed by atoms with Crippen LogP contribution in [0.1, 0.15) is 43.3 Å². The molecule has 0 bridgehead atoms. The first-order valence-electron chi connectivity index (χ1n) is 9.44. The third-order valence-electron chi connectivity index (χ3n) is 5.44. The summed E-state index contributed by atoms with van der Waals surface area (Å²) in [4.78, 5) is 4.66. The Kier molecular flexibility index (Phi) is 7.61. The normalized spacial score (nSPS) is 19.2. The van der Waals surface area contributed by atoms with Gasteiger partial charge in [0.15, 0.2) is 5.89 Å². The van der Waals surface area contributed by atoms with Crippen molar-refractivity contribution in [3.8, 4) is 0 Å². The predicted octanol–water partition coefficient (Wildman–Crippen LogP) is 3.40. The van der Waals surface area contributed by atoms with Gasteiger partial charge < -0.3 is 20.4 Å². The van der Waals surface area contributed by atoms with Gasteiger partial charge in [-0.25, -0.2) is 4.98 Å². The number of oxazole rings is 1. The fourth-order valence-corrected chi connectivity index (χ4v) is 3.41. The Morgan fingerprint density at radius 2 is 1.93 bits per heavy atom. The number of halogens is 1. The minimum atomic E-state index is -0.998. The first-order chi connectivity index (χ1) is 13.0. The minimum absolute atomic E-state index is 0. The first-order valence-corrected chi connectivity index (χ1v) is 9.44. The van der Waals surface area contributed by atoms with Crippen molar-refractivity contribution in [2.45, 2.75) is 43.6 Å². The van der Waals surface area contributed by atoms with E-state index in [1.54, 1.807) is 6.26 Å². The summed E-state index contributed by atoms with van der Waals surface area (Å²) in [5.74, 6) is 0.707. The molecule has 1 aromatic carbocycles. The lowest BCUT2D eigenvalue weighted by atomic mass is 9.71. The van der Waals surface area contributed by atoms with Crippen LogP contribution < -0.4 is 5.73 Å². The first kappa shape index (κ1) is 22.4. The second-order valence-corrected chi connectivity index (χ2v) is 7.38. The van der Waals surface area contributed by atoms with Crippen LogP contribution in [0, 0.1) is 0 Å². The van der Waals surface area contributed by atoms with E-state index in [1.165, 1.54) is 11.1 Å². The molecule has 0 radical (unpaired) electrons. The summed E-state index contributed by atoms with van der Waals surface area (Å²) in [6, 6.07) is 10.3. The van der Waals surface area contributed by atoms with Crippen molar-refractivity contribution in [2.75, 3.05) is 13.2 Å². The van der Waals surface area contributed by atoms with Crippen LogP contribution in [0.25, 0.3) is 5.57 Å². The number of benzene rings is 1. The second-order valence-electron chi connectivity index (χ2n) is 7.38. The zero-order valence-corrected chi connectivity index (χ0v) is 17.0. The summed E-state index contributed by atoms with van der Waals surface area (Å²) >= 11 is 0. The van der Waals surface area contributed by atoms with Gasteiger partial charge in [0, 0.05) is 11.8 Å². The van der Waals surface area contributed by atoms with Crippen molar-refractivity contribution in [3.05, 3.63) is 72.0 Å². The molecular weight excluding hydrogens is 376 g/mol. The molecule has 1 atom stereocenters. The van der Waals surface area contributed by atoms with E-state index < -0.39 is 5.54 Å². The lowest BCUT2D eigenvalue weighted by molar-refractivity contribution is 0.108. The largest absolute Gasteiger partial charge is 0.449 e. The summed E-state index contributed by atoms with van der Waals surface area (Å²) in [6.07, 6.45) is 10.9. The maximum atomic E-state index is 9.55. The van der Waals surface area contributed by atoms with Gasteiger partial charge in [-0.05, 0) is 30.4 Å². The number of rotatable bonds is 8. The molecule has 152 valence electrons. The highest BCUT2D eigenvalue weighted by atomic mass is 35.5. The molecular formula is C22H29ClN2O3. The third kappa shape index (κ3) is 4.73. The van der Waals surface area contributed by atoms with Crippen molar-refractivity contribution >= 4 is 18.0 Å². The fraction of sp³-hybridized carbons (Fsp3) is 0.409. The highest BCUT2D eigenvalue weighted by molar-refractivity contribution is 5.85. The number of aromatic nitrogens is 1. The predicted molar refractivity (Wildman–Crippen MR) is 113 cm³/mol. The Bertz CT molecular complexity index is 812. The molecule has 1 heterocycles.